The molecule has 0 aromatic carbocycles. The van der Waals surface area contributed by atoms with E-state index in [2.05, 4.69) is 186 Å². The third-order valence-electron chi connectivity index (χ3n) is 15.7. The number of phosphoric acid groups is 2. The number of carbonyl (C=O) groups excluding carboxylic acids is 4. The summed E-state index contributed by atoms with van der Waals surface area (Å²) in [5.41, 5.74) is 0. The summed E-state index contributed by atoms with van der Waals surface area (Å²) in [4.78, 5) is 73.0. The molecule has 0 bridgehead atoms. The number of allylic oxidation sites excluding steroid dienone is 28. The van der Waals surface area contributed by atoms with Gasteiger partial charge in [-0.3, -0.25) is 37.3 Å². The van der Waals surface area contributed by atoms with E-state index in [-0.39, 0.29) is 25.7 Å². The lowest BCUT2D eigenvalue weighted by molar-refractivity contribution is -0.161. The number of unbranched alkanes of at least 4 members (excludes halogenated alkanes) is 18. The Morgan fingerprint density at radius 3 is 0.837 bits per heavy atom. The Morgan fingerprint density at radius 2 is 0.510 bits per heavy atom. The van der Waals surface area contributed by atoms with Gasteiger partial charge in [-0.05, 0) is 167 Å². The van der Waals surface area contributed by atoms with Gasteiger partial charge in [0.2, 0.25) is 0 Å². The van der Waals surface area contributed by atoms with Crippen LogP contribution in [0.2, 0.25) is 0 Å². The molecule has 590 valence electrons. The van der Waals surface area contributed by atoms with Gasteiger partial charge >= 0.3 is 39.5 Å². The average Bonchev–Trinajstić information content (AvgIpc) is 0.917. The van der Waals surface area contributed by atoms with Gasteiger partial charge in [0.1, 0.15) is 19.3 Å². The highest BCUT2D eigenvalue weighted by Crippen LogP contribution is 2.45. The summed E-state index contributed by atoms with van der Waals surface area (Å²) in [7, 11) is -10.0. The predicted octanol–water partition coefficient (Wildman–Crippen LogP) is 23.0. The standard InChI is InChI=1S/C85H138O17P2/c1-5-9-13-17-21-25-29-33-36-38-39-41-43-47-50-54-58-62-66-70-83(88)96-76-81(102-85(90)72-68-64-60-56-52-48-44-40-37-34-30-26-22-18-14-10-6-2)78-100-104(93,94)98-74-79(86)73-97-103(91,92)99-77-80(101-84(89)71-67-63-59-55-51-45-32-28-24-20-16-12-8-4)75-95-82(87)69-65-61-57-53-49-46-42-35-31-27-23-19-15-11-7-3/h9-11,13-15,21-23,25-28,32-37,39,41-42,44,48-49,53,56,60,79-81,86H,5-8,12,16-20,24,29-31,38,40,43,45-47,50-52,54-55,57-59,61-78H2,1-4H3,(H,91,92)(H,93,94)/b13-9-,14-10-,15-11-,25-21-,26-22-,27-23-,32-28-,36-33-,37-34-,41-39-,42-35-,48-44-,53-49-,60-56-. The van der Waals surface area contributed by atoms with E-state index in [9.17, 15) is 43.2 Å². The fraction of sp³-hybridized carbons (Fsp3) is 0.624. The monoisotopic (exact) mass is 1490 g/mol. The largest absolute Gasteiger partial charge is 0.472 e. The van der Waals surface area contributed by atoms with Crippen LogP contribution in [0.4, 0.5) is 0 Å². The Bertz CT molecular complexity index is 2640. The Balaban J connectivity index is 5.47. The molecule has 3 N–H and O–H groups in total. The van der Waals surface area contributed by atoms with Crippen LogP contribution in [0.15, 0.2) is 170 Å². The highest BCUT2D eigenvalue weighted by Gasteiger charge is 2.30. The van der Waals surface area contributed by atoms with E-state index in [0.717, 1.165) is 173 Å². The van der Waals surface area contributed by atoms with E-state index in [1.165, 1.54) is 25.7 Å². The quantitative estimate of drug-likeness (QED) is 0.0169. The Kier molecular flexibility index (Phi) is 71.6. The lowest BCUT2D eigenvalue weighted by Gasteiger charge is -2.21. The number of hydrogen-bond donors (Lipinski definition) is 3. The van der Waals surface area contributed by atoms with Crippen molar-refractivity contribution in [3.63, 3.8) is 0 Å². The first-order chi connectivity index (χ1) is 50.7. The lowest BCUT2D eigenvalue weighted by atomic mass is 10.1. The molecule has 0 saturated heterocycles. The van der Waals surface area contributed by atoms with Crippen molar-refractivity contribution in [2.24, 2.45) is 0 Å². The van der Waals surface area contributed by atoms with Gasteiger partial charge in [0.05, 0.1) is 26.4 Å². The van der Waals surface area contributed by atoms with Crippen LogP contribution >= 0.6 is 15.6 Å². The zero-order valence-electron chi connectivity index (χ0n) is 64.4. The topological polar surface area (TPSA) is 237 Å². The highest BCUT2D eigenvalue weighted by atomic mass is 31.2. The van der Waals surface area contributed by atoms with Gasteiger partial charge in [-0.15, -0.1) is 0 Å². The predicted molar refractivity (Wildman–Crippen MR) is 426 cm³/mol. The van der Waals surface area contributed by atoms with E-state index < -0.39 is 97.5 Å². The third kappa shape index (κ3) is 74.7. The molecule has 0 radical (unpaired) electrons. The molecule has 0 aliphatic heterocycles. The van der Waals surface area contributed by atoms with Crippen molar-refractivity contribution in [2.75, 3.05) is 39.6 Å². The summed E-state index contributed by atoms with van der Waals surface area (Å²) < 4.78 is 68.5. The van der Waals surface area contributed by atoms with Crippen LogP contribution in [0.25, 0.3) is 0 Å². The zero-order chi connectivity index (χ0) is 76.0. The average molecular weight is 1490 g/mol. The molecule has 0 saturated carbocycles. The molecule has 0 heterocycles. The molecule has 5 atom stereocenters. The van der Waals surface area contributed by atoms with Crippen LogP contribution in [0.5, 0.6) is 0 Å². The summed E-state index contributed by atoms with van der Waals surface area (Å²) in [5.74, 6) is -2.33. The summed E-state index contributed by atoms with van der Waals surface area (Å²) in [6.07, 6.45) is 89.2. The molecule has 0 fully saturated rings. The molecule has 0 aliphatic rings. The van der Waals surface area contributed by atoms with Gasteiger partial charge in [0.15, 0.2) is 12.2 Å². The normalized spacial score (nSPS) is 14.8. The van der Waals surface area contributed by atoms with Crippen molar-refractivity contribution < 1.29 is 80.2 Å². The minimum Gasteiger partial charge on any atom is -0.462 e. The summed E-state index contributed by atoms with van der Waals surface area (Å²) >= 11 is 0. The van der Waals surface area contributed by atoms with E-state index in [0.29, 0.717) is 32.1 Å². The molecular formula is C85H138O17P2. The molecule has 0 aromatic rings. The SMILES string of the molecule is CC/C=C\C/C=C\C/C=C\C/C=C\C/C=C\CCCC(=O)OC(COC(=O)CCCCCCCC/C=C\C/C=C\C/C=C\C/C=C\CC)COP(=O)(O)OCC(O)COP(=O)(O)OCC(COC(=O)CCCC/C=C\C/C=C\C/C=C\C/C=C\CC)OC(=O)CCCCCCC/C=C\CCCCCC. The van der Waals surface area contributed by atoms with Gasteiger partial charge in [0.25, 0.3) is 0 Å². The van der Waals surface area contributed by atoms with Crippen LogP contribution in [-0.4, -0.2) is 96.7 Å². The number of aliphatic hydroxyl groups excluding tert-OH is 1. The first-order valence-corrected chi connectivity index (χ1v) is 42.4. The maximum atomic E-state index is 13.1. The van der Waals surface area contributed by atoms with Crippen molar-refractivity contribution in [3.8, 4) is 0 Å². The third-order valence-corrected chi connectivity index (χ3v) is 17.6. The molecule has 5 unspecified atom stereocenters. The summed E-state index contributed by atoms with van der Waals surface area (Å²) in [5, 5.41) is 10.6. The first-order valence-electron chi connectivity index (χ1n) is 39.4. The minimum absolute atomic E-state index is 0.00603. The van der Waals surface area contributed by atoms with Crippen molar-refractivity contribution in [3.05, 3.63) is 170 Å². The molecule has 19 heteroatoms. The van der Waals surface area contributed by atoms with Gasteiger partial charge in [0, 0.05) is 25.7 Å². The summed E-state index contributed by atoms with van der Waals surface area (Å²) in [6.45, 7) is 4.36. The highest BCUT2D eigenvalue weighted by molar-refractivity contribution is 7.47. The fourth-order valence-corrected chi connectivity index (χ4v) is 11.3. The van der Waals surface area contributed by atoms with E-state index >= 15 is 0 Å². The van der Waals surface area contributed by atoms with Gasteiger partial charge in [-0.2, -0.15) is 0 Å². The smallest absolute Gasteiger partial charge is 0.462 e. The van der Waals surface area contributed by atoms with Crippen LogP contribution < -0.4 is 0 Å². The van der Waals surface area contributed by atoms with Crippen molar-refractivity contribution in [2.45, 2.75) is 303 Å². The minimum atomic E-state index is -5.01. The van der Waals surface area contributed by atoms with Crippen molar-refractivity contribution >= 4 is 39.5 Å². The maximum Gasteiger partial charge on any atom is 0.472 e. The summed E-state index contributed by atoms with van der Waals surface area (Å²) in [6, 6.07) is 0. The number of carbonyl (C=O) groups is 4. The molecule has 0 amide bonds. The van der Waals surface area contributed by atoms with Crippen molar-refractivity contribution in [1.82, 2.24) is 0 Å². The molecule has 0 rings (SSSR count). The van der Waals surface area contributed by atoms with E-state index in [4.69, 9.17) is 37.0 Å². The second-order valence-electron chi connectivity index (χ2n) is 25.5. The van der Waals surface area contributed by atoms with Crippen LogP contribution in [0, 0.1) is 0 Å². The molecule has 0 aromatic heterocycles. The zero-order valence-corrected chi connectivity index (χ0v) is 66.2. The number of ether oxygens (including phenoxy) is 4. The van der Waals surface area contributed by atoms with Crippen LogP contribution in [-0.2, 0) is 65.4 Å². The molecule has 104 heavy (non-hydrogen) atoms. The van der Waals surface area contributed by atoms with Crippen molar-refractivity contribution in [1.29, 1.82) is 0 Å². The number of phosphoric ester groups is 2. The molecule has 0 spiro atoms. The Hall–Kier alpha value is -5.58. The van der Waals surface area contributed by atoms with E-state index in [1.807, 2.05) is 12.2 Å². The molecule has 0 aliphatic carbocycles. The first kappa shape index (κ1) is 98.4. The van der Waals surface area contributed by atoms with Crippen LogP contribution in [0.1, 0.15) is 285 Å². The Morgan fingerprint density at radius 1 is 0.279 bits per heavy atom. The second kappa shape index (κ2) is 75.6. The number of aliphatic hydroxyl groups is 1. The molecular weight excluding hydrogens is 1350 g/mol. The second-order valence-corrected chi connectivity index (χ2v) is 28.4. The lowest BCUT2D eigenvalue weighted by Crippen LogP contribution is -2.30. The Labute approximate surface area is 629 Å². The van der Waals surface area contributed by atoms with Gasteiger partial charge in [-0.25, -0.2) is 9.13 Å². The number of esters is 4. The van der Waals surface area contributed by atoms with Gasteiger partial charge < -0.3 is 33.8 Å². The fourth-order valence-electron chi connectivity index (χ4n) is 9.76. The molecule has 17 nitrogen and oxygen atoms in total. The van der Waals surface area contributed by atoms with E-state index in [1.54, 1.807) is 0 Å². The maximum absolute atomic E-state index is 13.1. The van der Waals surface area contributed by atoms with Crippen LogP contribution in [0.3, 0.4) is 0 Å². The van der Waals surface area contributed by atoms with Gasteiger partial charge in [-0.1, -0.05) is 262 Å². The number of hydrogen-bond acceptors (Lipinski definition) is 15. The number of rotatable bonds is 72.